The Bertz CT molecular complexity index is 681. The number of carbonyl (C=O) groups is 1. The van der Waals surface area contributed by atoms with Crippen molar-refractivity contribution in [2.45, 2.75) is 38.3 Å². The second-order valence-corrected chi connectivity index (χ2v) is 8.26. The number of fused-ring (bicyclic) bond motifs is 3. The second kappa shape index (κ2) is 7.16. The van der Waals surface area contributed by atoms with Gasteiger partial charge < -0.3 is 15.4 Å². The van der Waals surface area contributed by atoms with Crippen LogP contribution in [0.1, 0.15) is 30.9 Å². The molecular weight excluding hydrogens is 333 g/mol. The summed E-state index contributed by atoms with van der Waals surface area (Å²) in [6.45, 7) is 8.59. The van der Waals surface area contributed by atoms with Crippen LogP contribution < -0.4 is 10.6 Å². The lowest BCUT2D eigenvalue weighted by Crippen LogP contribution is -2.50. The Morgan fingerprint density at radius 1 is 1.42 bits per heavy atom. The molecule has 1 aromatic rings. The molecule has 1 aliphatic heterocycles. The molecule has 1 saturated heterocycles. The number of urea groups is 1. The maximum absolute atomic E-state index is 13.3. The van der Waals surface area contributed by atoms with Crippen LogP contribution >= 0.6 is 0 Å². The van der Waals surface area contributed by atoms with Crippen molar-refractivity contribution in [1.82, 2.24) is 15.5 Å². The number of morpholine rings is 1. The van der Waals surface area contributed by atoms with Crippen molar-refractivity contribution in [2.24, 2.45) is 11.8 Å². The minimum Gasteiger partial charge on any atom is -0.374 e. The fourth-order valence-electron chi connectivity index (χ4n) is 4.57. The van der Waals surface area contributed by atoms with Crippen LogP contribution in [0.2, 0.25) is 0 Å². The summed E-state index contributed by atoms with van der Waals surface area (Å²) in [5, 5.41) is 6.04. The maximum Gasteiger partial charge on any atom is 0.315 e. The van der Waals surface area contributed by atoms with E-state index in [1.165, 1.54) is 11.6 Å². The topological polar surface area (TPSA) is 53.6 Å². The predicted molar refractivity (Wildman–Crippen MR) is 97.7 cm³/mol. The van der Waals surface area contributed by atoms with Crippen molar-refractivity contribution < 1.29 is 13.9 Å². The standard InChI is InChI=1S/C20H28FN3O2/c1-12(2)10-24-5-6-26-15(11-24)9-22-20(25)23-19-17-8-13-7-14(21)3-4-16(13)18(17)19/h3-4,7,12,15,17-19H,5-6,8-11H2,1-2H3,(H2,22,23,25). The Balaban J connectivity index is 1.22. The maximum atomic E-state index is 13.3. The van der Waals surface area contributed by atoms with E-state index >= 15 is 0 Å². The molecule has 0 bridgehead atoms. The molecule has 4 atom stereocenters. The number of benzene rings is 1. The first kappa shape index (κ1) is 17.7. The number of carbonyl (C=O) groups excluding carboxylic acids is 1. The Kier molecular flexibility index (Phi) is 4.88. The lowest BCUT2D eigenvalue weighted by atomic mass is 10.0. The van der Waals surface area contributed by atoms with E-state index in [1.807, 2.05) is 6.07 Å². The van der Waals surface area contributed by atoms with Crippen LogP contribution in [0, 0.1) is 17.7 Å². The zero-order chi connectivity index (χ0) is 18.3. The van der Waals surface area contributed by atoms with E-state index in [1.54, 1.807) is 6.07 Å². The number of nitrogens with zero attached hydrogens (tertiary/aromatic N) is 1. The van der Waals surface area contributed by atoms with Gasteiger partial charge in [0, 0.05) is 38.1 Å². The van der Waals surface area contributed by atoms with Crippen molar-refractivity contribution in [3.8, 4) is 0 Å². The van der Waals surface area contributed by atoms with Gasteiger partial charge in [0.15, 0.2) is 0 Å². The van der Waals surface area contributed by atoms with Crippen molar-refractivity contribution >= 4 is 6.03 Å². The minimum absolute atomic E-state index is 0.0515. The van der Waals surface area contributed by atoms with Gasteiger partial charge in [0.05, 0.1) is 12.7 Å². The molecule has 1 saturated carbocycles. The van der Waals surface area contributed by atoms with Gasteiger partial charge in [-0.1, -0.05) is 19.9 Å². The average molecular weight is 361 g/mol. The van der Waals surface area contributed by atoms with Gasteiger partial charge >= 0.3 is 6.03 Å². The second-order valence-electron chi connectivity index (χ2n) is 8.26. The highest BCUT2D eigenvalue weighted by molar-refractivity contribution is 5.75. The lowest BCUT2D eigenvalue weighted by molar-refractivity contribution is -0.0290. The average Bonchev–Trinajstić information content (AvgIpc) is 3.10. The highest BCUT2D eigenvalue weighted by Crippen LogP contribution is 2.56. The van der Waals surface area contributed by atoms with E-state index in [0.29, 0.717) is 24.3 Å². The highest BCUT2D eigenvalue weighted by Gasteiger charge is 2.56. The van der Waals surface area contributed by atoms with Gasteiger partial charge in [0.2, 0.25) is 0 Å². The molecule has 1 heterocycles. The molecule has 142 valence electrons. The van der Waals surface area contributed by atoms with Crippen LogP contribution in [0.25, 0.3) is 0 Å². The van der Waals surface area contributed by atoms with Crippen molar-refractivity contribution in [2.75, 3.05) is 32.8 Å². The molecule has 4 rings (SSSR count). The van der Waals surface area contributed by atoms with E-state index in [9.17, 15) is 9.18 Å². The smallest absolute Gasteiger partial charge is 0.315 e. The quantitative estimate of drug-likeness (QED) is 0.845. The third kappa shape index (κ3) is 3.71. The third-order valence-corrected chi connectivity index (χ3v) is 5.72. The van der Waals surface area contributed by atoms with E-state index in [2.05, 4.69) is 29.4 Å². The lowest BCUT2D eigenvalue weighted by Gasteiger charge is -2.33. The first-order chi connectivity index (χ1) is 12.5. The summed E-state index contributed by atoms with van der Waals surface area (Å²) in [6, 6.07) is 5.06. The van der Waals surface area contributed by atoms with Crippen LogP contribution in [0.3, 0.4) is 0 Å². The van der Waals surface area contributed by atoms with Crippen LogP contribution in [0.15, 0.2) is 18.2 Å². The number of ether oxygens (including phenoxy) is 1. The first-order valence-electron chi connectivity index (χ1n) is 9.68. The van der Waals surface area contributed by atoms with Gasteiger partial charge in [-0.25, -0.2) is 9.18 Å². The monoisotopic (exact) mass is 361 g/mol. The molecule has 26 heavy (non-hydrogen) atoms. The number of nitrogens with one attached hydrogen (secondary N) is 2. The number of halogens is 1. The molecule has 2 N–H and O–H groups in total. The molecule has 0 aromatic heterocycles. The van der Waals surface area contributed by atoms with Gasteiger partial charge in [-0.3, -0.25) is 4.90 Å². The summed E-state index contributed by atoms with van der Waals surface area (Å²) in [7, 11) is 0. The fourth-order valence-corrected chi connectivity index (χ4v) is 4.57. The molecule has 0 radical (unpaired) electrons. The molecule has 0 spiro atoms. The summed E-state index contributed by atoms with van der Waals surface area (Å²) in [5.74, 6) is 1.23. The van der Waals surface area contributed by atoms with Crippen LogP contribution in [0.5, 0.6) is 0 Å². The molecule has 2 aliphatic carbocycles. The summed E-state index contributed by atoms with van der Waals surface area (Å²) in [5.41, 5.74) is 2.29. The molecule has 2 amide bonds. The predicted octanol–water partition coefficient (Wildman–Crippen LogP) is 2.12. The van der Waals surface area contributed by atoms with Crippen molar-refractivity contribution in [1.29, 1.82) is 0 Å². The summed E-state index contributed by atoms with van der Waals surface area (Å²) >= 11 is 0. The number of rotatable bonds is 5. The summed E-state index contributed by atoms with van der Waals surface area (Å²) < 4.78 is 19.1. The number of amides is 2. The minimum atomic E-state index is -0.175. The van der Waals surface area contributed by atoms with E-state index in [0.717, 1.165) is 38.2 Å². The van der Waals surface area contributed by atoms with E-state index < -0.39 is 0 Å². The fraction of sp³-hybridized carbons (Fsp3) is 0.650. The first-order valence-corrected chi connectivity index (χ1v) is 9.68. The molecular formula is C20H28FN3O2. The number of hydrogen-bond acceptors (Lipinski definition) is 3. The van der Waals surface area contributed by atoms with Gasteiger partial charge in [0.1, 0.15) is 5.82 Å². The number of hydrogen-bond donors (Lipinski definition) is 2. The van der Waals surface area contributed by atoms with Gasteiger partial charge in [-0.05, 0) is 41.5 Å². The summed E-state index contributed by atoms with van der Waals surface area (Å²) in [4.78, 5) is 14.6. The molecule has 4 unspecified atom stereocenters. The molecule has 6 heteroatoms. The van der Waals surface area contributed by atoms with Crippen LogP contribution in [-0.2, 0) is 11.2 Å². The van der Waals surface area contributed by atoms with E-state index in [4.69, 9.17) is 4.74 Å². The Morgan fingerprint density at radius 2 is 2.27 bits per heavy atom. The van der Waals surface area contributed by atoms with Crippen molar-refractivity contribution in [3.05, 3.63) is 35.1 Å². The van der Waals surface area contributed by atoms with Gasteiger partial charge in [0.25, 0.3) is 0 Å². The molecule has 3 aliphatic rings. The zero-order valence-electron chi connectivity index (χ0n) is 15.5. The van der Waals surface area contributed by atoms with Crippen molar-refractivity contribution in [3.63, 3.8) is 0 Å². The van der Waals surface area contributed by atoms with Crippen LogP contribution in [-0.4, -0.2) is 55.9 Å². The molecule has 2 fully saturated rings. The largest absolute Gasteiger partial charge is 0.374 e. The summed E-state index contributed by atoms with van der Waals surface area (Å²) in [6.07, 6.45) is 0.911. The Hall–Kier alpha value is -1.66. The highest BCUT2D eigenvalue weighted by atomic mass is 19.1. The molecule has 1 aromatic carbocycles. The van der Waals surface area contributed by atoms with Crippen LogP contribution in [0.4, 0.5) is 9.18 Å². The molecule has 5 nitrogen and oxygen atoms in total. The Labute approximate surface area is 154 Å². The zero-order valence-corrected chi connectivity index (χ0v) is 15.5. The SMILES string of the molecule is CC(C)CN1CCOC(CNC(=O)NC2C3Cc4cc(F)ccc4C32)C1. The van der Waals surface area contributed by atoms with Gasteiger partial charge in [-0.2, -0.15) is 0 Å². The van der Waals surface area contributed by atoms with E-state index in [-0.39, 0.29) is 24.0 Å². The third-order valence-electron chi connectivity index (χ3n) is 5.72. The van der Waals surface area contributed by atoms with Gasteiger partial charge in [-0.15, -0.1) is 0 Å². The normalized spacial score (nSPS) is 30.0. The Morgan fingerprint density at radius 3 is 3.08 bits per heavy atom.